The summed E-state index contributed by atoms with van der Waals surface area (Å²) in [4.78, 5) is 28.1. The van der Waals surface area contributed by atoms with Gasteiger partial charge in [0.15, 0.2) is 0 Å². The number of hydrogen-bond acceptors (Lipinski definition) is 4. The van der Waals surface area contributed by atoms with Crippen LogP contribution in [0.2, 0.25) is 0 Å². The smallest absolute Gasteiger partial charge is 0.282 e. The van der Waals surface area contributed by atoms with Gasteiger partial charge in [0.05, 0.1) is 17.9 Å². The number of carbonyl (C=O) groups excluding carboxylic acids is 2. The average molecular weight is 430 g/mol. The number of carbonyl (C=O) groups is 2. The molecule has 0 spiro atoms. The van der Waals surface area contributed by atoms with Gasteiger partial charge in [-0.25, -0.2) is 9.29 Å². The molecule has 5 nitrogen and oxygen atoms in total. The van der Waals surface area contributed by atoms with Crippen LogP contribution in [-0.4, -0.2) is 18.4 Å². The summed E-state index contributed by atoms with van der Waals surface area (Å²) in [7, 11) is 0. The van der Waals surface area contributed by atoms with E-state index in [0.29, 0.717) is 23.6 Å². The summed E-state index contributed by atoms with van der Waals surface area (Å²) in [6.07, 6.45) is 0. The highest BCUT2D eigenvalue weighted by Gasteiger charge is 2.40. The Bertz CT molecular complexity index is 1230. The summed E-state index contributed by atoms with van der Waals surface area (Å²) in [5, 5.41) is 3.18. The molecule has 1 N–H and O–H groups in total. The van der Waals surface area contributed by atoms with Crippen molar-refractivity contribution < 1.29 is 18.7 Å². The quantitative estimate of drug-likeness (QED) is 0.544. The minimum absolute atomic E-state index is 0.150. The summed E-state index contributed by atoms with van der Waals surface area (Å²) in [6.45, 7) is 6.24. The van der Waals surface area contributed by atoms with Gasteiger partial charge >= 0.3 is 0 Å². The summed E-state index contributed by atoms with van der Waals surface area (Å²) in [5.41, 5.74) is 3.96. The number of rotatable bonds is 6. The molecule has 0 bridgehead atoms. The van der Waals surface area contributed by atoms with Gasteiger partial charge in [-0.1, -0.05) is 30.3 Å². The fourth-order valence-corrected chi connectivity index (χ4v) is 3.66. The van der Waals surface area contributed by atoms with Crippen LogP contribution in [0.25, 0.3) is 5.57 Å². The van der Waals surface area contributed by atoms with Crippen LogP contribution in [0, 0.1) is 19.7 Å². The molecule has 0 fully saturated rings. The van der Waals surface area contributed by atoms with Gasteiger partial charge in [-0.2, -0.15) is 0 Å². The number of nitrogens with one attached hydrogen (secondary N) is 1. The molecule has 4 rings (SSSR count). The van der Waals surface area contributed by atoms with Gasteiger partial charge < -0.3 is 10.1 Å². The van der Waals surface area contributed by atoms with Gasteiger partial charge in [0.25, 0.3) is 11.8 Å². The van der Waals surface area contributed by atoms with Crippen LogP contribution in [0.3, 0.4) is 0 Å². The van der Waals surface area contributed by atoms with Crippen molar-refractivity contribution in [2.75, 3.05) is 16.8 Å². The highest BCUT2D eigenvalue weighted by molar-refractivity contribution is 6.46. The number of nitrogens with zero attached hydrogens (tertiary/aromatic N) is 1. The molecule has 0 saturated carbocycles. The normalized spacial score (nSPS) is 13.7. The molecule has 1 aliphatic heterocycles. The van der Waals surface area contributed by atoms with Crippen molar-refractivity contribution in [2.45, 2.75) is 20.8 Å². The van der Waals surface area contributed by atoms with Crippen molar-refractivity contribution in [2.24, 2.45) is 0 Å². The molecule has 3 aromatic carbocycles. The first-order valence-electron chi connectivity index (χ1n) is 10.4. The van der Waals surface area contributed by atoms with E-state index in [0.717, 1.165) is 21.7 Å². The summed E-state index contributed by atoms with van der Waals surface area (Å²) in [5.74, 6) is -0.826. The molecule has 2 amide bonds. The Kier molecular flexibility index (Phi) is 5.77. The second-order valence-electron chi connectivity index (χ2n) is 7.51. The molecule has 1 aliphatic rings. The Morgan fingerprint density at radius 2 is 1.66 bits per heavy atom. The van der Waals surface area contributed by atoms with Crippen molar-refractivity contribution in [1.29, 1.82) is 0 Å². The molecule has 3 aromatic rings. The first-order valence-corrected chi connectivity index (χ1v) is 10.4. The second-order valence-corrected chi connectivity index (χ2v) is 7.51. The Balaban J connectivity index is 1.82. The number of amides is 2. The number of hydrogen-bond donors (Lipinski definition) is 1. The van der Waals surface area contributed by atoms with Crippen molar-refractivity contribution >= 4 is 28.8 Å². The summed E-state index contributed by atoms with van der Waals surface area (Å²) >= 11 is 0. The fraction of sp³-hybridized carbons (Fsp3) is 0.154. The maximum Gasteiger partial charge on any atom is 0.282 e. The average Bonchev–Trinajstić information content (AvgIpc) is 3.02. The van der Waals surface area contributed by atoms with E-state index < -0.39 is 17.6 Å². The predicted octanol–water partition coefficient (Wildman–Crippen LogP) is 5.24. The maximum absolute atomic E-state index is 13.5. The van der Waals surface area contributed by atoms with Gasteiger partial charge in [-0.3, -0.25) is 9.59 Å². The Morgan fingerprint density at radius 1 is 0.938 bits per heavy atom. The third-order valence-electron chi connectivity index (χ3n) is 5.47. The van der Waals surface area contributed by atoms with Crippen molar-refractivity contribution in [1.82, 2.24) is 0 Å². The lowest BCUT2D eigenvalue weighted by Gasteiger charge is -2.17. The number of ether oxygens (including phenoxy) is 1. The van der Waals surface area contributed by atoms with Gasteiger partial charge in [0.2, 0.25) is 0 Å². The lowest BCUT2D eigenvalue weighted by Crippen LogP contribution is -2.32. The predicted molar refractivity (Wildman–Crippen MR) is 123 cm³/mol. The van der Waals surface area contributed by atoms with Crippen LogP contribution in [0.1, 0.15) is 23.6 Å². The van der Waals surface area contributed by atoms with E-state index in [4.69, 9.17) is 4.74 Å². The standard InChI is InChI=1S/C26H23FN2O3/c1-4-32-21-9-6-8-20(15-21)29-25(30)23(18-11-13-19(27)14-12-18)24(26(29)31)28-22-10-5-7-16(2)17(22)3/h5-15,28H,4H2,1-3H3. The first-order chi connectivity index (χ1) is 15.4. The lowest BCUT2D eigenvalue weighted by molar-refractivity contribution is -0.120. The Morgan fingerprint density at radius 3 is 2.38 bits per heavy atom. The first kappa shape index (κ1) is 21.3. The molecule has 0 aliphatic carbocycles. The van der Waals surface area contributed by atoms with Crippen molar-refractivity contribution in [3.05, 3.63) is 94.9 Å². The van der Waals surface area contributed by atoms with E-state index in [1.165, 1.54) is 24.3 Å². The minimum atomic E-state index is -0.483. The third kappa shape index (κ3) is 3.87. The van der Waals surface area contributed by atoms with Crippen molar-refractivity contribution in [3.63, 3.8) is 0 Å². The van der Waals surface area contributed by atoms with Gasteiger partial charge in [-0.05, 0) is 67.8 Å². The van der Waals surface area contributed by atoms with Crippen LogP contribution >= 0.6 is 0 Å². The molecular weight excluding hydrogens is 407 g/mol. The summed E-state index contributed by atoms with van der Waals surface area (Å²) in [6, 6.07) is 18.1. The highest BCUT2D eigenvalue weighted by Crippen LogP contribution is 2.35. The van der Waals surface area contributed by atoms with Gasteiger partial charge in [-0.15, -0.1) is 0 Å². The summed E-state index contributed by atoms with van der Waals surface area (Å²) < 4.78 is 19.1. The molecule has 0 saturated heterocycles. The SMILES string of the molecule is CCOc1cccc(N2C(=O)C(Nc3cccc(C)c3C)=C(c3ccc(F)cc3)C2=O)c1. The van der Waals surface area contributed by atoms with E-state index in [2.05, 4.69) is 5.32 Å². The van der Waals surface area contributed by atoms with Crippen LogP contribution in [0.5, 0.6) is 5.75 Å². The topological polar surface area (TPSA) is 58.6 Å². The number of benzene rings is 3. The van der Waals surface area contributed by atoms with E-state index in [9.17, 15) is 14.0 Å². The zero-order chi connectivity index (χ0) is 22.8. The molecule has 0 radical (unpaired) electrons. The molecular formula is C26H23FN2O3. The van der Waals surface area contributed by atoms with Crippen LogP contribution in [0.4, 0.5) is 15.8 Å². The van der Waals surface area contributed by atoms with E-state index in [1.54, 1.807) is 24.3 Å². The van der Waals surface area contributed by atoms with Crippen LogP contribution < -0.4 is 15.0 Å². The Hall–Kier alpha value is -3.93. The monoisotopic (exact) mass is 430 g/mol. The third-order valence-corrected chi connectivity index (χ3v) is 5.47. The van der Waals surface area contributed by atoms with Crippen LogP contribution in [-0.2, 0) is 9.59 Å². The zero-order valence-corrected chi connectivity index (χ0v) is 18.1. The molecule has 6 heteroatoms. The maximum atomic E-state index is 13.5. The molecule has 0 atom stereocenters. The molecule has 162 valence electrons. The molecule has 0 unspecified atom stereocenters. The van der Waals surface area contributed by atoms with Gasteiger partial charge in [0.1, 0.15) is 17.3 Å². The largest absolute Gasteiger partial charge is 0.494 e. The number of imide groups is 1. The second kappa shape index (κ2) is 8.67. The molecule has 0 aromatic heterocycles. The van der Waals surface area contributed by atoms with E-state index in [-0.39, 0.29) is 11.3 Å². The molecule has 32 heavy (non-hydrogen) atoms. The van der Waals surface area contributed by atoms with E-state index >= 15 is 0 Å². The number of halogens is 1. The molecule has 1 heterocycles. The highest BCUT2D eigenvalue weighted by atomic mass is 19.1. The zero-order valence-electron chi connectivity index (χ0n) is 18.1. The Labute approximate surface area is 186 Å². The fourth-order valence-electron chi connectivity index (χ4n) is 3.66. The van der Waals surface area contributed by atoms with Crippen molar-refractivity contribution in [3.8, 4) is 5.75 Å². The number of anilines is 2. The lowest BCUT2D eigenvalue weighted by atomic mass is 10.0. The van der Waals surface area contributed by atoms with E-state index in [1.807, 2.05) is 39.0 Å². The number of aryl methyl sites for hydroxylation is 1. The van der Waals surface area contributed by atoms with Gasteiger partial charge in [0, 0.05) is 11.8 Å². The minimum Gasteiger partial charge on any atom is -0.494 e. The van der Waals surface area contributed by atoms with Crippen LogP contribution in [0.15, 0.2) is 72.4 Å².